The van der Waals surface area contributed by atoms with Crippen molar-refractivity contribution in [3.8, 4) is 0 Å². The van der Waals surface area contributed by atoms with Crippen molar-refractivity contribution in [2.45, 2.75) is 50.1 Å². The molecule has 3 heterocycles. The van der Waals surface area contributed by atoms with E-state index in [4.69, 9.17) is 5.11 Å². The maximum atomic E-state index is 7.00. The number of piperidine rings is 1. The van der Waals surface area contributed by atoms with Gasteiger partial charge in [-0.1, -0.05) is 6.42 Å². The Bertz CT molecular complexity index is 331. The lowest BCUT2D eigenvalue weighted by Crippen LogP contribution is -2.79. The Hall–Kier alpha value is -0.160. The molecule has 0 bridgehead atoms. The highest BCUT2D eigenvalue weighted by Gasteiger charge is 2.55. The standard InChI is InChI=1S/C16H29N3.CH4O/c1-17-8-5-14(6-9-17)11-18-12-16(13-18)7-10-19(16)15-3-2-4-15;1-2/h14-15H,2-13H2,1H3;2H,1H3. The van der Waals surface area contributed by atoms with Crippen molar-refractivity contribution in [1.82, 2.24) is 14.7 Å². The molecule has 4 rings (SSSR count). The van der Waals surface area contributed by atoms with Gasteiger partial charge in [-0.15, -0.1) is 0 Å². The number of nitrogens with zero attached hydrogens (tertiary/aromatic N) is 3. The predicted molar refractivity (Wildman–Crippen MR) is 86.5 cm³/mol. The van der Waals surface area contributed by atoms with Crippen LogP contribution < -0.4 is 0 Å². The van der Waals surface area contributed by atoms with Gasteiger partial charge in [-0.25, -0.2) is 0 Å². The van der Waals surface area contributed by atoms with E-state index in [0.717, 1.165) is 19.1 Å². The Morgan fingerprint density at radius 3 is 2.14 bits per heavy atom. The molecule has 1 spiro atoms. The molecule has 0 amide bonds. The van der Waals surface area contributed by atoms with Crippen molar-refractivity contribution in [1.29, 1.82) is 0 Å². The molecular weight excluding hydrogens is 262 g/mol. The van der Waals surface area contributed by atoms with Crippen LogP contribution in [0.2, 0.25) is 0 Å². The second-order valence-electron chi connectivity index (χ2n) is 7.67. The Kier molecular flexibility index (Phi) is 4.89. The summed E-state index contributed by atoms with van der Waals surface area (Å²) in [6, 6.07) is 0.972. The van der Waals surface area contributed by atoms with Crippen molar-refractivity contribution in [3.05, 3.63) is 0 Å². The van der Waals surface area contributed by atoms with Crippen molar-refractivity contribution in [3.63, 3.8) is 0 Å². The molecule has 0 unspecified atom stereocenters. The quantitative estimate of drug-likeness (QED) is 0.849. The van der Waals surface area contributed by atoms with Gasteiger partial charge in [0.15, 0.2) is 0 Å². The number of rotatable bonds is 3. The Morgan fingerprint density at radius 2 is 1.67 bits per heavy atom. The van der Waals surface area contributed by atoms with Crippen LogP contribution in [0.5, 0.6) is 0 Å². The highest BCUT2D eigenvalue weighted by atomic mass is 16.2. The monoisotopic (exact) mass is 295 g/mol. The van der Waals surface area contributed by atoms with Crippen LogP contribution in [0.4, 0.5) is 0 Å². The summed E-state index contributed by atoms with van der Waals surface area (Å²) in [5, 5.41) is 7.00. The number of aliphatic hydroxyl groups is 1. The Morgan fingerprint density at radius 1 is 1.00 bits per heavy atom. The number of hydrogen-bond donors (Lipinski definition) is 1. The zero-order valence-corrected chi connectivity index (χ0v) is 13.9. The van der Waals surface area contributed by atoms with Crippen LogP contribution in [0.1, 0.15) is 38.5 Å². The van der Waals surface area contributed by atoms with E-state index in [1.54, 1.807) is 0 Å². The molecule has 21 heavy (non-hydrogen) atoms. The normalized spacial score (nSPS) is 31.0. The summed E-state index contributed by atoms with van der Waals surface area (Å²) < 4.78 is 0. The van der Waals surface area contributed by atoms with E-state index in [2.05, 4.69) is 21.7 Å². The third-order valence-corrected chi connectivity index (χ3v) is 6.33. The zero-order valence-electron chi connectivity index (χ0n) is 13.9. The molecule has 1 N–H and O–H groups in total. The molecule has 4 aliphatic rings. The number of likely N-dealkylation sites (tertiary alicyclic amines) is 3. The minimum Gasteiger partial charge on any atom is -0.400 e. The minimum atomic E-state index is 0.649. The predicted octanol–water partition coefficient (Wildman–Crippen LogP) is 1.25. The van der Waals surface area contributed by atoms with E-state index >= 15 is 0 Å². The van der Waals surface area contributed by atoms with E-state index in [-0.39, 0.29) is 0 Å². The molecule has 0 aromatic rings. The molecule has 3 saturated heterocycles. The SMILES string of the molecule is CN1CCC(CN2CC3(CCN3C3CCC3)C2)CC1.CO. The van der Waals surface area contributed by atoms with Crippen LogP contribution in [-0.2, 0) is 0 Å². The number of aliphatic hydroxyl groups excluding tert-OH is 1. The summed E-state index contributed by atoms with van der Waals surface area (Å²) >= 11 is 0. The average Bonchev–Trinajstić information content (AvgIpc) is 2.40. The van der Waals surface area contributed by atoms with E-state index in [1.165, 1.54) is 77.8 Å². The second-order valence-corrected chi connectivity index (χ2v) is 7.67. The molecule has 0 radical (unpaired) electrons. The molecule has 0 aromatic heterocycles. The highest BCUT2D eigenvalue weighted by Crippen LogP contribution is 2.44. The molecule has 1 saturated carbocycles. The molecule has 0 atom stereocenters. The minimum absolute atomic E-state index is 0.649. The van der Waals surface area contributed by atoms with Gasteiger partial charge in [-0.2, -0.15) is 0 Å². The summed E-state index contributed by atoms with van der Waals surface area (Å²) in [6.07, 6.45) is 8.77. The van der Waals surface area contributed by atoms with E-state index < -0.39 is 0 Å². The largest absolute Gasteiger partial charge is 0.400 e. The van der Waals surface area contributed by atoms with Crippen LogP contribution >= 0.6 is 0 Å². The zero-order chi connectivity index (χ0) is 14.9. The van der Waals surface area contributed by atoms with Gasteiger partial charge in [0, 0.05) is 44.9 Å². The average molecular weight is 295 g/mol. The van der Waals surface area contributed by atoms with E-state index in [9.17, 15) is 0 Å². The van der Waals surface area contributed by atoms with Crippen molar-refractivity contribution < 1.29 is 5.11 Å². The van der Waals surface area contributed by atoms with Crippen molar-refractivity contribution >= 4 is 0 Å². The first-order valence-electron chi connectivity index (χ1n) is 8.88. The first-order valence-corrected chi connectivity index (χ1v) is 8.88. The fourth-order valence-electron chi connectivity index (χ4n) is 4.69. The Labute approximate surface area is 130 Å². The van der Waals surface area contributed by atoms with Crippen molar-refractivity contribution in [2.75, 3.05) is 53.4 Å². The maximum Gasteiger partial charge on any atom is 0.0478 e. The molecule has 1 aliphatic carbocycles. The van der Waals surface area contributed by atoms with Gasteiger partial charge in [0.2, 0.25) is 0 Å². The molecule has 0 aromatic carbocycles. The van der Waals surface area contributed by atoms with Gasteiger partial charge in [0.05, 0.1) is 0 Å². The third kappa shape index (κ3) is 3.00. The van der Waals surface area contributed by atoms with Gasteiger partial charge in [-0.3, -0.25) is 9.80 Å². The smallest absolute Gasteiger partial charge is 0.0478 e. The molecule has 4 fully saturated rings. The Balaban J connectivity index is 0.000000636. The van der Waals surface area contributed by atoms with Crippen LogP contribution in [0.3, 0.4) is 0 Å². The summed E-state index contributed by atoms with van der Waals surface area (Å²) in [7, 11) is 3.26. The fourth-order valence-corrected chi connectivity index (χ4v) is 4.69. The van der Waals surface area contributed by atoms with Crippen LogP contribution in [-0.4, -0.2) is 84.8 Å². The van der Waals surface area contributed by atoms with Crippen LogP contribution in [0, 0.1) is 5.92 Å². The second kappa shape index (κ2) is 6.53. The topological polar surface area (TPSA) is 30.0 Å². The summed E-state index contributed by atoms with van der Waals surface area (Å²) in [5.74, 6) is 0.978. The molecule has 4 nitrogen and oxygen atoms in total. The summed E-state index contributed by atoms with van der Waals surface area (Å²) in [5.41, 5.74) is 0.649. The molecule has 3 aliphatic heterocycles. The summed E-state index contributed by atoms with van der Waals surface area (Å²) in [4.78, 5) is 8.10. The first-order chi connectivity index (χ1) is 10.3. The molecular formula is C17H33N3O. The van der Waals surface area contributed by atoms with E-state index in [1.807, 2.05) is 0 Å². The maximum absolute atomic E-state index is 7.00. The third-order valence-electron chi connectivity index (χ3n) is 6.33. The van der Waals surface area contributed by atoms with Gasteiger partial charge < -0.3 is 10.0 Å². The lowest BCUT2D eigenvalue weighted by molar-refractivity contribution is -0.159. The molecule has 122 valence electrons. The first kappa shape index (κ1) is 15.7. The van der Waals surface area contributed by atoms with Crippen LogP contribution in [0.15, 0.2) is 0 Å². The fraction of sp³-hybridized carbons (Fsp3) is 1.00. The van der Waals surface area contributed by atoms with Gasteiger partial charge in [0.25, 0.3) is 0 Å². The highest BCUT2D eigenvalue weighted by molar-refractivity contribution is 5.13. The van der Waals surface area contributed by atoms with Gasteiger partial charge in [-0.05, 0) is 58.2 Å². The lowest BCUT2D eigenvalue weighted by Gasteiger charge is -2.66. The van der Waals surface area contributed by atoms with Gasteiger partial charge >= 0.3 is 0 Å². The van der Waals surface area contributed by atoms with E-state index in [0.29, 0.717) is 5.54 Å². The van der Waals surface area contributed by atoms with Crippen molar-refractivity contribution in [2.24, 2.45) is 5.92 Å². The molecule has 4 heteroatoms. The lowest BCUT2D eigenvalue weighted by atomic mass is 9.73. The van der Waals surface area contributed by atoms with Gasteiger partial charge in [0.1, 0.15) is 0 Å². The van der Waals surface area contributed by atoms with Crippen LogP contribution in [0.25, 0.3) is 0 Å². The summed E-state index contributed by atoms with van der Waals surface area (Å²) in [6.45, 7) is 8.18. The number of hydrogen-bond acceptors (Lipinski definition) is 4.